The molecule has 6 nitrogen and oxygen atoms in total. The zero-order chi connectivity index (χ0) is 20.8. The Morgan fingerprint density at radius 3 is 2.03 bits per heavy atom. The summed E-state index contributed by atoms with van der Waals surface area (Å²) in [6.07, 6.45) is 0. The van der Waals surface area contributed by atoms with Crippen LogP contribution in [0.5, 0.6) is 11.5 Å². The molecule has 6 heteroatoms. The Bertz CT molecular complexity index is 1390. The Morgan fingerprint density at radius 1 is 0.700 bits per heavy atom. The van der Waals surface area contributed by atoms with Gasteiger partial charge in [0.05, 0.1) is 10.5 Å². The number of ether oxygens (including phenoxy) is 1. The van der Waals surface area contributed by atoms with Gasteiger partial charge in [-0.2, -0.15) is 0 Å². The van der Waals surface area contributed by atoms with Gasteiger partial charge in [-0.3, -0.25) is 19.7 Å². The topological polar surface area (TPSA) is 86.5 Å². The monoisotopic (exact) mass is 395 g/mol. The third-order valence-corrected chi connectivity index (χ3v) is 5.16. The van der Waals surface area contributed by atoms with Crippen molar-refractivity contribution in [3.8, 4) is 11.5 Å². The largest absolute Gasteiger partial charge is 0.457 e. The second kappa shape index (κ2) is 6.63. The molecule has 0 bridgehead atoms. The number of nitro groups is 1. The van der Waals surface area contributed by atoms with Gasteiger partial charge in [0.2, 0.25) is 5.78 Å². The summed E-state index contributed by atoms with van der Waals surface area (Å²) in [5.74, 6) is -0.460. The average Bonchev–Trinajstić information content (AvgIpc) is 2.77. The molecule has 0 spiro atoms. The molecular formula is C24H13NO5. The quantitative estimate of drug-likeness (QED) is 0.305. The van der Waals surface area contributed by atoms with E-state index in [2.05, 4.69) is 0 Å². The molecule has 4 aromatic carbocycles. The fraction of sp³-hybridized carbons (Fsp3) is 0. The lowest BCUT2D eigenvalue weighted by Gasteiger charge is -2.20. The van der Waals surface area contributed by atoms with Crippen molar-refractivity contribution >= 4 is 28.0 Å². The van der Waals surface area contributed by atoms with Crippen LogP contribution in [-0.2, 0) is 0 Å². The summed E-state index contributed by atoms with van der Waals surface area (Å²) in [6.45, 7) is 0. The van der Waals surface area contributed by atoms with E-state index in [1.807, 2.05) is 36.4 Å². The first-order chi connectivity index (χ1) is 14.5. The van der Waals surface area contributed by atoms with Crippen molar-refractivity contribution in [3.05, 3.63) is 111 Å². The number of benzene rings is 4. The number of rotatable bonds is 3. The molecule has 0 amide bonds. The maximum Gasteiger partial charge on any atom is 0.281 e. The number of nitrogens with zero attached hydrogens (tertiary/aromatic N) is 1. The van der Waals surface area contributed by atoms with Crippen LogP contribution in [0.3, 0.4) is 0 Å². The molecule has 0 saturated carbocycles. The predicted octanol–water partition coefficient (Wildman–Crippen LogP) is 5.32. The maximum absolute atomic E-state index is 13.2. The molecule has 144 valence electrons. The van der Waals surface area contributed by atoms with E-state index in [4.69, 9.17) is 4.74 Å². The van der Waals surface area contributed by atoms with E-state index in [-0.39, 0.29) is 28.0 Å². The number of ketones is 2. The molecule has 30 heavy (non-hydrogen) atoms. The van der Waals surface area contributed by atoms with Gasteiger partial charge in [-0.05, 0) is 29.0 Å². The van der Waals surface area contributed by atoms with Crippen molar-refractivity contribution in [2.45, 2.75) is 0 Å². The summed E-state index contributed by atoms with van der Waals surface area (Å²) in [5.41, 5.74) is -0.369. The van der Waals surface area contributed by atoms with Crippen LogP contribution in [0.2, 0.25) is 0 Å². The highest BCUT2D eigenvalue weighted by atomic mass is 16.6. The van der Waals surface area contributed by atoms with Crippen LogP contribution in [-0.4, -0.2) is 16.5 Å². The van der Waals surface area contributed by atoms with Crippen LogP contribution in [0, 0.1) is 10.1 Å². The molecular weight excluding hydrogens is 382 g/mol. The average molecular weight is 395 g/mol. The first-order valence-corrected chi connectivity index (χ1v) is 9.21. The molecule has 0 fully saturated rings. The normalized spacial score (nSPS) is 12.4. The molecule has 0 radical (unpaired) electrons. The fourth-order valence-corrected chi connectivity index (χ4v) is 3.77. The first-order valence-electron chi connectivity index (χ1n) is 9.21. The minimum absolute atomic E-state index is 0.0824. The van der Waals surface area contributed by atoms with E-state index in [0.29, 0.717) is 5.75 Å². The molecule has 1 aliphatic carbocycles. The van der Waals surface area contributed by atoms with Crippen molar-refractivity contribution < 1.29 is 19.2 Å². The van der Waals surface area contributed by atoms with E-state index in [0.717, 1.165) is 10.8 Å². The molecule has 0 N–H and O–H groups in total. The molecule has 0 aromatic heterocycles. The number of carbonyl (C=O) groups excluding carboxylic acids is 2. The highest BCUT2D eigenvalue weighted by Crippen LogP contribution is 2.40. The predicted molar refractivity (Wildman–Crippen MR) is 110 cm³/mol. The standard InChI is InChI=1S/C24H13NO5/c26-23-17-7-3-4-8-18(17)24(27)22-20(12-11-19(21(22)23)25(28)29)30-16-10-9-14-5-1-2-6-15(14)13-16/h1-13H. The highest BCUT2D eigenvalue weighted by molar-refractivity contribution is 6.30. The van der Waals surface area contributed by atoms with Gasteiger partial charge in [-0.25, -0.2) is 0 Å². The van der Waals surface area contributed by atoms with Crippen LogP contribution < -0.4 is 4.74 Å². The first kappa shape index (κ1) is 17.8. The molecule has 0 atom stereocenters. The van der Waals surface area contributed by atoms with E-state index in [1.165, 1.54) is 24.3 Å². The van der Waals surface area contributed by atoms with Crippen molar-refractivity contribution in [1.29, 1.82) is 0 Å². The second-order valence-electron chi connectivity index (χ2n) is 6.90. The van der Waals surface area contributed by atoms with Gasteiger partial charge in [-0.15, -0.1) is 0 Å². The van der Waals surface area contributed by atoms with Crippen LogP contribution in [0.1, 0.15) is 31.8 Å². The Kier molecular flexibility index (Phi) is 3.93. The summed E-state index contributed by atoms with van der Waals surface area (Å²) >= 11 is 0. The molecule has 0 aliphatic heterocycles. The van der Waals surface area contributed by atoms with Gasteiger partial charge >= 0.3 is 0 Å². The number of hydrogen-bond acceptors (Lipinski definition) is 5. The highest BCUT2D eigenvalue weighted by Gasteiger charge is 2.38. The lowest BCUT2D eigenvalue weighted by molar-refractivity contribution is -0.385. The van der Waals surface area contributed by atoms with Gasteiger partial charge in [0, 0.05) is 17.2 Å². The van der Waals surface area contributed by atoms with E-state index < -0.39 is 22.2 Å². The van der Waals surface area contributed by atoms with Gasteiger partial charge in [-0.1, -0.05) is 54.6 Å². The minimum atomic E-state index is -0.655. The van der Waals surface area contributed by atoms with E-state index >= 15 is 0 Å². The number of fused-ring (bicyclic) bond motifs is 3. The summed E-state index contributed by atoms with van der Waals surface area (Å²) in [4.78, 5) is 37.1. The molecule has 4 aromatic rings. The number of nitro benzene ring substituents is 1. The van der Waals surface area contributed by atoms with Crippen molar-refractivity contribution in [2.24, 2.45) is 0 Å². The van der Waals surface area contributed by atoms with Gasteiger partial charge < -0.3 is 4.74 Å². The molecule has 1 aliphatic rings. The van der Waals surface area contributed by atoms with Gasteiger partial charge in [0.1, 0.15) is 17.1 Å². The Balaban J connectivity index is 1.69. The second-order valence-corrected chi connectivity index (χ2v) is 6.90. The molecule has 0 heterocycles. The van der Waals surface area contributed by atoms with E-state index in [9.17, 15) is 19.7 Å². The Morgan fingerprint density at radius 2 is 1.33 bits per heavy atom. The zero-order valence-corrected chi connectivity index (χ0v) is 15.5. The lowest BCUT2D eigenvalue weighted by atomic mass is 9.82. The van der Waals surface area contributed by atoms with Crippen LogP contribution in [0.15, 0.2) is 78.9 Å². The number of hydrogen-bond donors (Lipinski definition) is 0. The van der Waals surface area contributed by atoms with Crippen LogP contribution in [0.4, 0.5) is 5.69 Å². The zero-order valence-electron chi connectivity index (χ0n) is 15.5. The smallest absolute Gasteiger partial charge is 0.281 e. The third-order valence-electron chi connectivity index (χ3n) is 5.16. The molecule has 5 rings (SSSR count). The number of carbonyl (C=O) groups is 2. The summed E-state index contributed by atoms with van der Waals surface area (Å²) in [7, 11) is 0. The van der Waals surface area contributed by atoms with Crippen molar-refractivity contribution in [2.75, 3.05) is 0 Å². The minimum Gasteiger partial charge on any atom is -0.457 e. The Labute approximate surface area is 170 Å². The SMILES string of the molecule is O=C1c2ccccc2C(=O)c2c([N+](=O)[O-])ccc(Oc3ccc4ccccc4c3)c21. The van der Waals surface area contributed by atoms with E-state index in [1.54, 1.807) is 18.2 Å². The van der Waals surface area contributed by atoms with Crippen LogP contribution >= 0.6 is 0 Å². The Hall–Kier alpha value is -4.32. The summed E-state index contributed by atoms with van der Waals surface area (Å²) in [5, 5.41) is 13.5. The molecule has 0 unspecified atom stereocenters. The van der Waals surface area contributed by atoms with Crippen molar-refractivity contribution in [1.82, 2.24) is 0 Å². The summed E-state index contributed by atoms with van der Waals surface area (Å²) in [6, 6.07) is 22.0. The molecule has 0 saturated heterocycles. The fourth-order valence-electron chi connectivity index (χ4n) is 3.77. The summed E-state index contributed by atoms with van der Waals surface area (Å²) < 4.78 is 5.96. The lowest BCUT2D eigenvalue weighted by Crippen LogP contribution is -2.22. The van der Waals surface area contributed by atoms with Gasteiger partial charge in [0.15, 0.2) is 5.78 Å². The third kappa shape index (κ3) is 2.66. The van der Waals surface area contributed by atoms with Crippen LogP contribution in [0.25, 0.3) is 10.8 Å². The van der Waals surface area contributed by atoms with Crippen molar-refractivity contribution in [3.63, 3.8) is 0 Å². The van der Waals surface area contributed by atoms with Gasteiger partial charge in [0.25, 0.3) is 5.69 Å². The maximum atomic E-state index is 13.2.